The third-order valence-corrected chi connectivity index (χ3v) is 2.44. The van der Waals surface area contributed by atoms with Crippen molar-refractivity contribution in [3.8, 4) is 0 Å². The Labute approximate surface area is 104 Å². The molecule has 0 aromatic rings. The summed E-state index contributed by atoms with van der Waals surface area (Å²) < 4.78 is 0. The van der Waals surface area contributed by atoms with Gasteiger partial charge in [-0.05, 0) is 34.6 Å². The van der Waals surface area contributed by atoms with E-state index in [0.717, 1.165) is 0 Å². The number of amides is 1. The quantitative estimate of drug-likeness (QED) is 0.683. The number of carbonyl (C=O) groups is 1. The first-order valence-corrected chi connectivity index (χ1v) is 6.01. The topological polar surface area (TPSA) is 58.4 Å². The lowest BCUT2D eigenvalue weighted by Crippen LogP contribution is -2.51. The summed E-state index contributed by atoms with van der Waals surface area (Å²) in [6, 6.07) is 0.159. The molecule has 94 valence electrons. The number of nitrogens with one attached hydrogen (secondary N) is 1. The Morgan fingerprint density at radius 1 is 1.31 bits per heavy atom. The molecule has 3 N–H and O–H groups in total. The maximum atomic E-state index is 11.8. The van der Waals surface area contributed by atoms with Gasteiger partial charge in [0.1, 0.15) is 0 Å². The van der Waals surface area contributed by atoms with Gasteiger partial charge in [-0.1, -0.05) is 12.2 Å². The fraction of sp³-hybridized carbons (Fsp3) is 0.818. The normalized spacial score (nSPS) is 13.2. The Hall–Kier alpha value is -0.680. The zero-order valence-electron chi connectivity index (χ0n) is 10.8. The van der Waals surface area contributed by atoms with Crippen molar-refractivity contribution in [2.45, 2.75) is 52.7 Å². The molecule has 0 aliphatic heterocycles. The average molecular weight is 245 g/mol. The molecule has 0 aromatic carbocycles. The third-order valence-electron chi connectivity index (χ3n) is 2.31. The van der Waals surface area contributed by atoms with Gasteiger partial charge in [0.05, 0.1) is 11.0 Å². The van der Waals surface area contributed by atoms with Crippen LogP contribution in [0.15, 0.2) is 0 Å². The molecule has 0 spiro atoms. The Morgan fingerprint density at radius 2 is 1.81 bits per heavy atom. The van der Waals surface area contributed by atoms with E-state index in [9.17, 15) is 4.79 Å². The fourth-order valence-corrected chi connectivity index (χ4v) is 1.65. The van der Waals surface area contributed by atoms with Gasteiger partial charge in [0.2, 0.25) is 5.91 Å². The van der Waals surface area contributed by atoms with E-state index >= 15 is 0 Å². The van der Waals surface area contributed by atoms with Crippen LogP contribution in [0.5, 0.6) is 0 Å². The summed E-state index contributed by atoms with van der Waals surface area (Å²) in [6.45, 7) is 10.3. The van der Waals surface area contributed by atoms with Gasteiger partial charge in [0, 0.05) is 18.6 Å². The second-order valence-corrected chi connectivity index (χ2v) is 5.10. The van der Waals surface area contributed by atoms with E-state index in [0.29, 0.717) is 11.5 Å². The summed E-state index contributed by atoms with van der Waals surface area (Å²) in [5.41, 5.74) is 5.53. The lowest BCUT2D eigenvalue weighted by molar-refractivity contribution is -0.126. The van der Waals surface area contributed by atoms with Crippen LogP contribution in [0.4, 0.5) is 0 Å². The second kappa shape index (κ2) is 6.81. The highest BCUT2D eigenvalue weighted by Crippen LogP contribution is 2.05. The largest absolute Gasteiger partial charge is 0.392 e. The first-order valence-electron chi connectivity index (χ1n) is 5.60. The Bertz CT molecular complexity index is 254. The third kappa shape index (κ3) is 5.42. The zero-order valence-corrected chi connectivity index (χ0v) is 11.6. The highest BCUT2D eigenvalue weighted by atomic mass is 32.1. The van der Waals surface area contributed by atoms with Crippen molar-refractivity contribution in [2.24, 2.45) is 5.73 Å². The van der Waals surface area contributed by atoms with Crippen molar-refractivity contribution in [3.05, 3.63) is 0 Å². The van der Waals surface area contributed by atoms with Crippen LogP contribution in [0, 0.1) is 0 Å². The summed E-state index contributed by atoms with van der Waals surface area (Å²) in [6.07, 6.45) is 0. The standard InChI is InChI=1S/C11H23N3OS/c1-7(2)13-11(15)9(5)14(8(3)4)6-10(12)16/h7-9H,6H2,1-5H3,(H2,12,16)(H,13,15). The summed E-state index contributed by atoms with van der Waals surface area (Å²) >= 11 is 4.89. The molecule has 1 unspecified atom stereocenters. The molecule has 1 amide bonds. The van der Waals surface area contributed by atoms with E-state index in [1.807, 2.05) is 39.5 Å². The first kappa shape index (κ1) is 15.3. The van der Waals surface area contributed by atoms with Crippen molar-refractivity contribution in [2.75, 3.05) is 6.54 Å². The smallest absolute Gasteiger partial charge is 0.237 e. The molecule has 0 saturated carbocycles. The molecular formula is C11H23N3OS. The molecule has 0 aromatic heterocycles. The van der Waals surface area contributed by atoms with E-state index in [1.165, 1.54) is 0 Å². The van der Waals surface area contributed by atoms with Crippen LogP contribution in [0.3, 0.4) is 0 Å². The van der Waals surface area contributed by atoms with Crippen molar-refractivity contribution < 1.29 is 4.79 Å². The maximum absolute atomic E-state index is 11.8. The molecule has 5 heteroatoms. The van der Waals surface area contributed by atoms with Gasteiger partial charge in [0.25, 0.3) is 0 Å². The molecule has 0 rings (SSSR count). The number of rotatable bonds is 6. The monoisotopic (exact) mass is 245 g/mol. The van der Waals surface area contributed by atoms with E-state index in [2.05, 4.69) is 5.32 Å². The van der Waals surface area contributed by atoms with E-state index in [-0.39, 0.29) is 24.0 Å². The van der Waals surface area contributed by atoms with E-state index in [1.54, 1.807) is 0 Å². The molecule has 16 heavy (non-hydrogen) atoms. The highest BCUT2D eigenvalue weighted by Gasteiger charge is 2.24. The van der Waals surface area contributed by atoms with E-state index in [4.69, 9.17) is 18.0 Å². The molecule has 4 nitrogen and oxygen atoms in total. The van der Waals surface area contributed by atoms with Crippen molar-refractivity contribution >= 4 is 23.1 Å². The molecule has 0 aliphatic carbocycles. The summed E-state index contributed by atoms with van der Waals surface area (Å²) in [5.74, 6) is 0.0138. The number of hydrogen-bond donors (Lipinski definition) is 2. The van der Waals surface area contributed by atoms with Crippen molar-refractivity contribution in [1.29, 1.82) is 0 Å². The van der Waals surface area contributed by atoms with Crippen molar-refractivity contribution in [3.63, 3.8) is 0 Å². The molecular weight excluding hydrogens is 222 g/mol. The molecule has 0 aliphatic rings. The minimum atomic E-state index is -0.219. The predicted molar refractivity (Wildman–Crippen MR) is 71.4 cm³/mol. The maximum Gasteiger partial charge on any atom is 0.237 e. The summed E-state index contributed by atoms with van der Waals surface area (Å²) in [5, 5.41) is 2.89. The van der Waals surface area contributed by atoms with Gasteiger partial charge >= 0.3 is 0 Å². The van der Waals surface area contributed by atoms with Gasteiger partial charge < -0.3 is 11.1 Å². The number of nitrogens with zero attached hydrogens (tertiary/aromatic N) is 1. The Balaban J connectivity index is 4.54. The van der Waals surface area contributed by atoms with Gasteiger partial charge in [-0.2, -0.15) is 0 Å². The number of carbonyl (C=O) groups excluding carboxylic acids is 1. The average Bonchev–Trinajstić information content (AvgIpc) is 2.11. The Morgan fingerprint density at radius 3 is 2.12 bits per heavy atom. The van der Waals surface area contributed by atoms with Crippen LogP contribution in [0.1, 0.15) is 34.6 Å². The molecule has 0 fully saturated rings. The first-order chi connectivity index (χ1) is 7.25. The minimum Gasteiger partial charge on any atom is -0.392 e. The summed E-state index contributed by atoms with van der Waals surface area (Å²) in [4.78, 5) is 14.2. The number of hydrogen-bond acceptors (Lipinski definition) is 3. The van der Waals surface area contributed by atoms with Crippen LogP contribution in [0.25, 0.3) is 0 Å². The minimum absolute atomic E-state index is 0.0138. The molecule has 0 radical (unpaired) electrons. The van der Waals surface area contributed by atoms with Gasteiger partial charge in [-0.3, -0.25) is 9.69 Å². The molecule has 0 saturated heterocycles. The van der Waals surface area contributed by atoms with Crippen LogP contribution in [-0.4, -0.2) is 40.5 Å². The number of nitrogens with two attached hydrogens (primary N) is 1. The predicted octanol–water partition coefficient (Wildman–Crippen LogP) is 0.896. The molecule has 0 heterocycles. The molecule has 0 bridgehead atoms. The van der Waals surface area contributed by atoms with Gasteiger partial charge in [0.15, 0.2) is 0 Å². The lowest BCUT2D eigenvalue weighted by atomic mass is 10.2. The van der Waals surface area contributed by atoms with Crippen LogP contribution < -0.4 is 11.1 Å². The summed E-state index contributed by atoms with van der Waals surface area (Å²) in [7, 11) is 0. The van der Waals surface area contributed by atoms with Crippen LogP contribution in [0.2, 0.25) is 0 Å². The zero-order chi connectivity index (χ0) is 12.9. The van der Waals surface area contributed by atoms with Crippen LogP contribution in [-0.2, 0) is 4.79 Å². The lowest BCUT2D eigenvalue weighted by Gasteiger charge is -2.31. The van der Waals surface area contributed by atoms with E-state index < -0.39 is 0 Å². The van der Waals surface area contributed by atoms with Gasteiger partial charge in [-0.25, -0.2) is 0 Å². The Kier molecular flexibility index (Phi) is 6.52. The highest BCUT2D eigenvalue weighted by molar-refractivity contribution is 7.80. The van der Waals surface area contributed by atoms with Crippen molar-refractivity contribution in [1.82, 2.24) is 10.2 Å². The second-order valence-electron chi connectivity index (χ2n) is 4.57. The molecule has 1 atom stereocenters. The fourth-order valence-electron chi connectivity index (χ4n) is 1.50. The van der Waals surface area contributed by atoms with Crippen LogP contribution >= 0.6 is 12.2 Å². The number of thiocarbonyl (C=S) groups is 1. The SMILES string of the molecule is CC(C)NC(=O)C(C)N(CC(N)=S)C(C)C. The van der Waals surface area contributed by atoms with Gasteiger partial charge in [-0.15, -0.1) is 0 Å².